The highest BCUT2D eigenvalue weighted by molar-refractivity contribution is 9.10. The van der Waals surface area contributed by atoms with Crippen LogP contribution in [0.25, 0.3) is 0 Å². The van der Waals surface area contributed by atoms with Crippen molar-refractivity contribution >= 4 is 39.1 Å². The Labute approximate surface area is 151 Å². The fourth-order valence-corrected chi connectivity index (χ4v) is 4.26. The van der Waals surface area contributed by atoms with Crippen molar-refractivity contribution in [2.24, 2.45) is 5.92 Å². The second-order valence-electron chi connectivity index (χ2n) is 5.94. The van der Waals surface area contributed by atoms with E-state index in [1.165, 1.54) is 33.9 Å². The summed E-state index contributed by atoms with van der Waals surface area (Å²) in [6.45, 7) is 2.21. The normalized spacial score (nSPS) is 16.4. The molecule has 0 saturated heterocycles. The van der Waals surface area contributed by atoms with Gasteiger partial charge in [-0.3, -0.25) is 20.4 Å². The van der Waals surface area contributed by atoms with Gasteiger partial charge in [-0.1, -0.05) is 6.92 Å². The lowest BCUT2D eigenvalue weighted by Gasteiger charge is -2.16. The minimum atomic E-state index is -0.579. The van der Waals surface area contributed by atoms with E-state index in [0.717, 1.165) is 25.3 Å². The van der Waals surface area contributed by atoms with Crippen molar-refractivity contribution in [3.05, 3.63) is 55.4 Å². The lowest BCUT2D eigenvalue weighted by atomic mass is 9.90. The quantitative estimate of drug-likeness (QED) is 0.738. The van der Waals surface area contributed by atoms with Crippen LogP contribution in [0.2, 0.25) is 0 Å². The van der Waals surface area contributed by atoms with Gasteiger partial charge in [-0.25, -0.2) is 4.39 Å². The first-order chi connectivity index (χ1) is 11.4. The zero-order valence-electron chi connectivity index (χ0n) is 13.0. The fraction of sp³-hybridized carbons (Fsp3) is 0.294. The van der Waals surface area contributed by atoms with E-state index in [1.807, 2.05) is 6.07 Å². The monoisotopic (exact) mass is 410 g/mol. The summed E-state index contributed by atoms with van der Waals surface area (Å²) in [6, 6.07) is 5.70. The maximum atomic E-state index is 13.2. The van der Waals surface area contributed by atoms with Gasteiger partial charge in [0.25, 0.3) is 11.8 Å². The molecule has 126 valence electrons. The van der Waals surface area contributed by atoms with E-state index in [9.17, 15) is 14.0 Å². The lowest BCUT2D eigenvalue weighted by molar-refractivity contribution is 0.0848. The lowest BCUT2D eigenvalue weighted by Crippen LogP contribution is -2.41. The average Bonchev–Trinajstić information content (AvgIpc) is 2.97. The average molecular weight is 411 g/mol. The van der Waals surface area contributed by atoms with Gasteiger partial charge in [0.2, 0.25) is 0 Å². The van der Waals surface area contributed by atoms with Crippen molar-refractivity contribution in [3.8, 4) is 0 Å². The molecule has 0 radical (unpaired) electrons. The van der Waals surface area contributed by atoms with Crippen molar-refractivity contribution in [1.82, 2.24) is 10.9 Å². The molecule has 2 N–H and O–H groups in total. The molecule has 3 rings (SSSR count). The predicted molar refractivity (Wildman–Crippen MR) is 94.5 cm³/mol. The summed E-state index contributed by atoms with van der Waals surface area (Å²) in [7, 11) is 0. The first kappa shape index (κ1) is 17.1. The third-order valence-electron chi connectivity index (χ3n) is 4.02. The molecule has 1 aliphatic rings. The Hall–Kier alpha value is -1.73. The topological polar surface area (TPSA) is 58.2 Å². The molecule has 0 unspecified atom stereocenters. The van der Waals surface area contributed by atoms with Gasteiger partial charge in [0.05, 0.1) is 10.4 Å². The molecule has 4 nitrogen and oxygen atoms in total. The summed E-state index contributed by atoms with van der Waals surface area (Å²) in [4.78, 5) is 26.1. The van der Waals surface area contributed by atoms with Gasteiger partial charge in [0.15, 0.2) is 0 Å². The highest BCUT2D eigenvalue weighted by atomic mass is 79.9. The second-order valence-corrected chi connectivity index (χ2v) is 7.93. The number of hydrogen-bond acceptors (Lipinski definition) is 3. The van der Waals surface area contributed by atoms with E-state index >= 15 is 0 Å². The molecule has 1 heterocycles. The summed E-state index contributed by atoms with van der Waals surface area (Å²) >= 11 is 4.65. The Balaban J connectivity index is 1.65. The third-order valence-corrected chi connectivity index (χ3v) is 5.94. The Morgan fingerprint density at radius 3 is 2.79 bits per heavy atom. The molecule has 0 fully saturated rings. The van der Waals surface area contributed by atoms with Crippen LogP contribution in [0.3, 0.4) is 0 Å². The number of hydrazine groups is 1. The number of nitrogens with one attached hydrogen (secondary N) is 2. The summed E-state index contributed by atoms with van der Waals surface area (Å²) in [5.74, 6) is -0.824. The molecule has 0 spiro atoms. The zero-order valence-corrected chi connectivity index (χ0v) is 15.4. The number of hydrogen-bond donors (Lipinski definition) is 2. The summed E-state index contributed by atoms with van der Waals surface area (Å²) in [5, 5.41) is 0. The van der Waals surface area contributed by atoms with Gasteiger partial charge in [-0.05, 0) is 70.9 Å². The largest absolute Gasteiger partial charge is 0.279 e. The molecule has 1 aromatic heterocycles. The SMILES string of the molecule is C[C@@H]1CCc2sc(C(=O)NNC(=O)c3cc(F)ccc3Br)cc2C1. The molecular formula is C17H16BrFN2O2S. The summed E-state index contributed by atoms with van der Waals surface area (Å²) in [5.41, 5.74) is 6.06. The number of fused-ring (bicyclic) bond motifs is 1. The standard InChI is InChI=1S/C17H16BrFN2O2S/c1-9-2-5-14-10(6-9)7-15(24-14)17(23)21-20-16(22)12-8-11(19)3-4-13(12)18/h3-4,7-9H,2,5-6H2,1H3,(H,20,22)(H,21,23)/t9-/m1/s1. The number of thiophene rings is 1. The molecule has 1 aliphatic carbocycles. The van der Waals surface area contributed by atoms with Crippen LogP contribution in [0.4, 0.5) is 4.39 Å². The molecule has 1 atom stereocenters. The molecule has 24 heavy (non-hydrogen) atoms. The number of benzene rings is 1. The molecule has 2 amide bonds. The van der Waals surface area contributed by atoms with E-state index < -0.39 is 11.7 Å². The fourth-order valence-electron chi connectivity index (χ4n) is 2.73. The van der Waals surface area contributed by atoms with E-state index in [1.54, 1.807) is 0 Å². The predicted octanol–water partition coefficient (Wildman–Crippen LogP) is 3.85. The first-order valence-corrected chi connectivity index (χ1v) is 9.22. The van der Waals surface area contributed by atoms with E-state index in [4.69, 9.17) is 0 Å². The molecule has 1 aromatic carbocycles. The van der Waals surface area contributed by atoms with Crippen LogP contribution in [0, 0.1) is 11.7 Å². The number of carbonyl (C=O) groups excluding carboxylic acids is 2. The minimum Gasteiger partial charge on any atom is -0.267 e. The first-order valence-electron chi connectivity index (χ1n) is 7.61. The van der Waals surface area contributed by atoms with Gasteiger partial charge in [0, 0.05) is 9.35 Å². The van der Waals surface area contributed by atoms with Crippen LogP contribution >= 0.6 is 27.3 Å². The summed E-state index contributed by atoms with van der Waals surface area (Å²) in [6.07, 6.45) is 3.12. The van der Waals surface area contributed by atoms with Gasteiger partial charge in [0.1, 0.15) is 5.82 Å². The number of rotatable bonds is 2. The van der Waals surface area contributed by atoms with E-state index in [2.05, 4.69) is 33.7 Å². The van der Waals surface area contributed by atoms with Crippen molar-refractivity contribution in [2.75, 3.05) is 0 Å². The highest BCUT2D eigenvalue weighted by Crippen LogP contribution is 2.32. The molecule has 0 saturated carbocycles. The van der Waals surface area contributed by atoms with Crippen molar-refractivity contribution < 1.29 is 14.0 Å². The maximum Gasteiger partial charge on any atom is 0.279 e. The van der Waals surface area contributed by atoms with Crippen LogP contribution < -0.4 is 10.9 Å². The number of halogens is 2. The van der Waals surface area contributed by atoms with E-state index in [0.29, 0.717) is 15.3 Å². The van der Waals surface area contributed by atoms with Crippen LogP contribution in [0.1, 0.15) is 43.8 Å². The van der Waals surface area contributed by atoms with Crippen LogP contribution in [-0.2, 0) is 12.8 Å². The van der Waals surface area contributed by atoms with E-state index in [-0.39, 0.29) is 11.5 Å². The Kier molecular flexibility index (Phi) is 5.01. The van der Waals surface area contributed by atoms with Crippen LogP contribution in [0.15, 0.2) is 28.7 Å². The van der Waals surface area contributed by atoms with Gasteiger partial charge >= 0.3 is 0 Å². The van der Waals surface area contributed by atoms with Crippen molar-refractivity contribution in [2.45, 2.75) is 26.2 Å². The highest BCUT2D eigenvalue weighted by Gasteiger charge is 2.21. The molecule has 0 aliphatic heterocycles. The van der Waals surface area contributed by atoms with Crippen molar-refractivity contribution in [1.29, 1.82) is 0 Å². The smallest absolute Gasteiger partial charge is 0.267 e. The number of aryl methyl sites for hydroxylation is 1. The van der Waals surface area contributed by atoms with Crippen molar-refractivity contribution in [3.63, 3.8) is 0 Å². The third kappa shape index (κ3) is 3.67. The number of carbonyl (C=O) groups is 2. The second kappa shape index (κ2) is 7.03. The van der Waals surface area contributed by atoms with Crippen LogP contribution in [0.5, 0.6) is 0 Å². The van der Waals surface area contributed by atoms with Gasteiger partial charge in [-0.2, -0.15) is 0 Å². The minimum absolute atomic E-state index is 0.120. The Bertz CT molecular complexity index is 806. The zero-order chi connectivity index (χ0) is 17.3. The Morgan fingerprint density at radius 1 is 1.25 bits per heavy atom. The van der Waals surface area contributed by atoms with Crippen LogP contribution in [-0.4, -0.2) is 11.8 Å². The Morgan fingerprint density at radius 2 is 2.00 bits per heavy atom. The summed E-state index contributed by atoms with van der Waals surface area (Å²) < 4.78 is 13.7. The molecular weight excluding hydrogens is 395 g/mol. The molecule has 2 aromatic rings. The molecule has 7 heteroatoms. The maximum absolute atomic E-state index is 13.2. The van der Waals surface area contributed by atoms with Gasteiger partial charge < -0.3 is 0 Å². The molecule has 0 bridgehead atoms. The van der Waals surface area contributed by atoms with Gasteiger partial charge in [-0.15, -0.1) is 11.3 Å². The number of amides is 2.